The van der Waals surface area contributed by atoms with E-state index in [0.29, 0.717) is 17.7 Å². The van der Waals surface area contributed by atoms with Gasteiger partial charge >= 0.3 is 0 Å². The first kappa shape index (κ1) is 15.8. The summed E-state index contributed by atoms with van der Waals surface area (Å²) in [7, 11) is 0. The summed E-state index contributed by atoms with van der Waals surface area (Å²) in [6.07, 6.45) is 1.96. The molecule has 0 unspecified atom stereocenters. The molecule has 0 amide bonds. The number of hydrogen-bond donors (Lipinski definition) is 0. The summed E-state index contributed by atoms with van der Waals surface area (Å²) >= 11 is 12.4. The molecule has 0 saturated heterocycles. The zero-order chi connectivity index (χ0) is 13.8. The molecule has 1 aromatic heterocycles. The van der Waals surface area contributed by atoms with Crippen LogP contribution in [0, 0.1) is 18.3 Å². The molecule has 1 heterocycles. The molecule has 4 heteroatoms. The van der Waals surface area contributed by atoms with Crippen molar-refractivity contribution in [1.29, 1.82) is 0 Å². The smallest absolute Gasteiger partial charge is 0.0596 e. The lowest BCUT2D eigenvalue weighted by Crippen LogP contribution is -2.31. The lowest BCUT2D eigenvalue weighted by atomic mass is 9.79. The van der Waals surface area contributed by atoms with E-state index in [-0.39, 0.29) is 5.41 Å². The Balaban J connectivity index is 2.94. The second kappa shape index (κ2) is 6.81. The maximum absolute atomic E-state index is 6.21. The minimum absolute atomic E-state index is 0.0172. The molecule has 0 aliphatic rings. The molecule has 0 N–H and O–H groups in total. The van der Waals surface area contributed by atoms with Crippen molar-refractivity contribution in [2.75, 3.05) is 11.8 Å². The SMILES string of the molecule is CCn1nc(C)cc1CC(CCl)(CCl)CC(C)C. The van der Waals surface area contributed by atoms with Gasteiger partial charge in [-0.1, -0.05) is 13.8 Å². The fourth-order valence-corrected chi connectivity index (χ4v) is 3.27. The van der Waals surface area contributed by atoms with Gasteiger partial charge in [0.05, 0.1) is 5.69 Å². The lowest BCUT2D eigenvalue weighted by Gasteiger charge is -2.31. The van der Waals surface area contributed by atoms with Crippen molar-refractivity contribution in [2.45, 2.75) is 47.1 Å². The summed E-state index contributed by atoms with van der Waals surface area (Å²) in [6.45, 7) is 9.47. The van der Waals surface area contributed by atoms with Gasteiger partial charge in [0, 0.05) is 29.4 Å². The highest BCUT2D eigenvalue weighted by molar-refractivity contribution is 6.21. The Morgan fingerprint density at radius 1 is 1.33 bits per heavy atom. The minimum Gasteiger partial charge on any atom is -0.270 e. The highest BCUT2D eigenvalue weighted by Crippen LogP contribution is 2.34. The second-order valence-corrected chi connectivity index (χ2v) is 6.17. The number of rotatable bonds is 7. The molecular formula is C14H24Cl2N2. The van der Waals surface area contributed by atoms with E-state index in [1.807, 2.05) is 6.92 Å². The normalized spacial score (nSPS) is 12.4. The molecule has 0 aliphatic carbocycles. The largest absolute Gasteiger partial charge is 0.270 e. The summed E-state index contributed by atoms with van der Waals surface area (Å²) in [5, 5.41) is 4.49. The van der Waals surface area contributed by atoms with Gasteiger partial charge in [0.1, 0.15) is 0 Å². The molecule has 0 bridgehead atoms. The van der Waals surface area contributed by atoms with Gasteiger partial charge in [-0.2, -0.15) is 5.10 Å². The van der Waals surface area contributed by atoms with Crippen molar-refractivity contribution in [3.8, 4) is 0 Å². The van der Waals surface area contributed by atoms with Crippen LogP contribution >= 0.6 is 23.2 Å². The predicted octanol–water partition coefficient (Wildman–Crippen LogP) is 4.26. The molecule has 0 aromatic carbocycles. The van der Waals surface area contributed by atoms with Gasteiger partial charge in [0.15, 0.2) is 0 Å². The van der Waals surface area contributed by atoms with Gasteiger partial charge in [0.2, 0.25) is 0 Å². The minimum atomic E-state index is -0.0172. The third kappa shape index (κ3) is 3.89. The first-order valence-electron chi connectivity index (χ1n) is 6.61. The molecule has 1 rings (SSSR count). The van der Waals surface area contributed by atoms with Crippen LogP contribution in [0.3, 0.4) is 0 Å². The molecule has 2 nitrogen and oxygen atoms in total. The Bertz CT molecular complexity index is 368. The summed E-state index contributed by atoms with van der Waals surface area (Å²) in [4.78, 5) is 0. The molecule has 1 aromatic rings. The molecule has 0 atom stereocenters. The van der Waals surface area contributed by atoms with Crippen LogP contribution in [0.2, 0.25) is 0 Å². The zero-order valence-electron chi connectivity index (χ0n) is 11.8. The zero-order valence-corrected chi connectivity index (χ0v) is 13.4. The van der Waals surface area contributed by atoms with Gasteiger partial charge in [-0.25, -0.2) is 0 Å². The fourth-order valence-electron chi connectivity index (χ4n) is 2.58. The predicted molar refractivity (Wildman–Crippen MR) is 79.7 cm³/mol. The van der Waals surface area contributed by atoms with Crippen molar-refractivity contribution < 1.29 is 0 Å². The first-order chi connectivity index (χ1) is 8.46. The number of alkyl halides is 2. The summed E-state index contributed by atoms with van der Waals surface area (Å²) in [5.41, 5.74) is 2.29. The fraction of sp³-hybridized carbons (Fsp3) is 0.786. The molecule has 104 valence electrons. The van der Waals surface area contributed by atoms with Crippen molar-refractivity contribution >= 4 is 23.2 Å². The maximum Gasteiger partial charge on any atom is 0.0596 e. The van der Waals surface area contributed by atoms with E-state index in [0.717, 1.165) is 25.1 Å². The van der Waals surface area contributed by atoms with Crippen molar-refractivity contribution in [1.82, 2.24) is 9.78 Å². The van der Waals surface area contributed by atoms with Crippen LogP contribution in [0.4, 0.5) is 0 Å². The third-order valence-corrected chi connectivity index (χ3v) is 4.38. The van der Waals surface area contributed by atoms with Crippen LogP contribution in [0.5, 0.6) is 0 Å². The van der Waals surface area contributed by atoms with Crippen LogP contribution in [-0.4, -0.2) is 21.5 Å². The first-order valence-corrected chi connectivity index (χ1v) is 7.68. The van der Waals surface area contributed by atoms with Gasteiger partial charge in [-0.05, 0) is 38.7 Å². The Morgan fingerprint density at radius 3 is 2.39 bits per heavy atom. The Labute approximate surface area is 121 Å². The molecule has 0 radical (unpaired) electrons. The average Bonchev–Trinajstić information content (AvgIpc) is 2.67. The molecule has 0 spiro atoms. The number of nitrogens with zero attached hydrogens (tertiary/aromatic N) is 2. The molecule has 0 saturated carbocycles. The third-order valence-electron chi connectivity index (χ3n) is 3.25. The van der Waals surface area contributed by atoms with Crippen LogP contribution < -0.4 is 0 Å². The highest BCUT2D eigenvalue weighted by atomic mass is 35.5. The highest BCUT2D eigenvalue weighted by Gasteiger charge is 2.31. The number of aromatic nitrogens is 2. The number of halogens is 2. The van der Waals surface area contributed by atoms with Crippen molar-refractivity contribution in [2.24, 2.45) is 11.3 Å². The number of aryl methyl sites for hydroxylation is 2. The summed E-state index contributed by atoms with van der Waals surface area (Å²) in [5.74, 6) is 1.80. The maximum atomic E-state index is 6.21. The molecule has 0 aliphatic heterocycles. The van der Waals surface area contributed by atoms with Crippen molar-refractivity contribution in [3.05, 3.63) is 17.5 Å². The van der Waals surface area contributed by atoms with Gasteiger partial charge < -0.3 is 0 Å². The van der Waals surface area contributed by atoms with E-state index in [2.05, 4.69) is 36.6 Å². The van der Waals surface area contributed by atoms with E-state index in [4.69, 9.17) is 23.2 Å². The molecule has 0 fully saturated rings. The molecular weight excluding hydrogens is 267 g/mol. The summed E-state index contributed by atoms with van der Waals surface area (Å²) < 4.78 is 2.06. The van der Waals surface area contributed by atoms with Gasteiger partial charge in [-0.3, -0.25) is 4.68 Å². The van der Waals surface area contributed by atoms with Gasteiger partial charge in [0.25, 0.3) is 0 Å². The van der Waals surface area contributed by atoms with Crippen LogP contribution in [0.25, 0.3) is 0 Å². The molecule has 18 heavy (non-hydrogen) atoms. The standard InChI is InChI=1S/C14H24Cl2N2/c1-5-18-13(6-12(4)17-18)8-14(9-15,10-16)7-11(2)3/h6,11H,5,7-10H2,1-4H3. The topological polar surface area (TPSA) is 17.8 Å². The van der Waals surface area contributed by atoms with E-state index < -0.39 is 0 Å². The van der Waals surface area contributed by atoms with E-state index in [9.17, 15) is 0 Å². The Kier molecular flexibility index (Phi) is 6.00. The quantitative estimate of drug-likeness (QED) is 0.686. The monoisotopic (exact) mass is 290 g/mol. The second-order valence-electron chi connectivity index (χ2n) is 5.63. The van der Waals surface area contributed by atoms with Crippen LogP contribution in [-0.2, 0) is 13.0 Å². The Morgan fingerprint density at radius 2 is 1.94 bits per heavy atom. The van der Waals surface area contributed by atoms with E-state index >= 15 is 0 Å². The number of hydrogen-bond acceptors (Lipinski definition) is 1. The summed E-state index contributed by atoms with van der Waals surface area (Å²) in [6, 6.07) is 2.15. The van der Waals surface area contributed by atoms with E-state index in [1.165, 1.54) is 5.69 Å². The Hall–Kier alpha value is -0.210. The van der Waals surface area contributed by atoms with Gasteiger partial charge in [-0.15, -0.1) is 23.2 Å². The average molecular weight is 291 g/mol. The lowest BCUT2D eigenvalue weighted by molar-refractivity contribution is 0.288. The van der Waals surface area contributed by atoms with E-state index in [1.54, 1.807) is 0 Å². The van der Waals surface area contributed by atoms with Crippen molar-refractivity contribution in [3.63, 3.8) is 0 Å². The van der Waals surface area contributed by atoms with Crippen LogP contribution in [0.15, 0.2) is 6.07 Å². The van der Waals surface area contributed by atoms with Crippen LogP contribution in [0.1, 0.15) is 38.6 Å².